The molecule has 11 nitrogen and oxygen atoms in total. The van der Waals surface area contributed by atoms with E-state index in [1.54, 1.807) is 56.9 Å². The van der Waals surface area contributed by atoms with Crippen LogP contribution in [0, 0.1) is 0 Å². The lowest BCUT2D eigenvalue weighted by Crippen LogP contribution is -2.29. The molecule has 0 saturated carbocycles. The van der Waals surface area contributed by atoms with Crippen molar-refractivity contribution in [2.45, 2.75) is 24.2 Å². The Morgan fingerprint density at radius 1 is 0.936 bits per heavy atom. The molecule has 0 fully saturated rings. The second-order valence-corrected chi connectivity index (χ2v) is 12.2. The summed E-state index contributed by atoms with van der Waals surface area (Å²) in [6, 6.07) is 25.7. The number of hydrogen-bond donors (Lipinski definition) is 1. The van der Waals surface area contributed by atoms with Crippen molar-refractivity contribution in [2.24, 2.45) is 5.10 Å². The number of hydrazone groups is 1. The van der Waals surface area contributed by atoms with Crippen molar-refractivity contribution in [3.63, 3.8) is 0 Å². The van der Waals surface area contributed by atoms with Gasteiger partial charge in [0.2, 0.25) is 0 Å². The summed E-state index contributed by atoms with van der Waals surface area (Å²) < 4.78 is 18.4. The fourth-order valence-electron chi connectivity index (χ4n) is 5.31. The van der Waals surface area contributed by atoms with Crippen molar-refractivity contribution in [3.8, 4) is 22.9 Å². The molecule has 3 aromatic carbocycles. The van der Waals surface area contributed by atoms with Gasteiger partial charge in [-0.05, 0) is 47.8 Å². The molecule has 1 aliphatic heterocycles. The highest BCUT2D eigenvalue weighted by Gasteiger charge is 2.36. The molecule has 1 atom stereocenters. The average molecular weight is 669 g/mol. The third-order valence-corrected chi connectivity index (χ3v) is 9.37. The highest BCUT2D eigenvalue weighted by molar-refractivity contribution is 7.99. The molecule has 13 heteroatoms. The van der Waals surface area contributed by atoms with Crippen LogP contribution in [0.2, 0.25) is 0 Å². The highest BCUT2D eigenvalue weighted by Crippen LogP contribution is 2.42. The zero-order valence-corrected chi connectivity index (χ0v) is 27.6. The molecule has 0 aliphatic carbocycles. The van der Waals surface area contributed by atoms with Crippen LogP contribution in [0.1, 0.15) is 39.1 Å². The lowest BCUT2D eigenvalue weighted by molar-refractivity contribution is -0.130. The zero-order chi connectivity index (χ0) is 32.8. The molecular weight excluding hydrogens is 637 g/mol. The SMILES string of the molecule is COc1cccc(C(=O)NCc2nnc(SCC(=O)N3N=C(c4cccs4)C[C@@H]3c3cccc(OC)c3OC)n2-c2ccccc2)c1. The Morgan fingerprint density at radius 3 is 2.51 bits per heavy atom. The molecule has 0 spiro atoms. The van der Waals surface area contributed by atoms with Gasteiger partial charge >= 0.3 is 0 Å². The number of hydrogen-bond acceptors (Lipinski definition) is 10. The monoisotopic (exact) mass is 668 g/mol. The van der Waals surface area contributed by atoms with Crippen LogP contribution in [0.15, 0.2) is 101 Å². The van der Waals surface area contributed by atoms with Crippen LogP contribution in [0.3, 0.4) is 0 Å². The summed E-state index contributed by atoms with van der Waals surface area (Å²) in [5.74, 6) is 1.82. The van der Waals surface area contributed by atoms with Gasteiger partial charge in [0.1, 0.15) is 5.75 Å². The first-order valence-corrected chi connectivity index (χ1v) is 16.6. The van der Waals surface area contributed by atoms with Crippen molar-refractivity contribution in [2.75, 3.05) is 27.1 Å². The summed E-state index contributed by atoms with van der Waals surface area (Å²) >= 11 is 2.83. The Balaban J connectivity index is 1.25. The number of methoxy groups -OCH3 is 3. The van der Waals surface area contributed by atoms with E-state index in [4.69, 9.17) is 19.3 Å². The number of carbonyl (C=O) groups excluding carboxylic acids is 2. The van der Waals surface area contributed by atoms with E-state index in [2.05, 4.69) is 15.5 Å². The van der Waals surface area contributed by atoms with E-state index in [-0.39, 0.29) is 30.2 Å². The summed E-state index contributed by atoms with van der Waals surface area (Å²) in [7, 11) is 4.73. The maximum Gasteiger partial charge on any atom is 0.253 e. The first kappa shape index (κ1) is 31.8. The third kappa shape index (κ3) is 6.86. The van der Waals surface area contributed by atoms with E-state index in [0.717, 1.165) is 21.8 Å². The molecule has 1 N–H and O–H groups in total. The van der Waals surface area contributed by atoms with E-state index < -0.39 is 0 Å². The normalized spacial score (nSPS) is 14.1. The van der Waals surface area contributed by atoms with Gasteiger partial charge in [-0.1, -0.05) is 54.2 Å². The molecule has 240 valence electrons. The van der Waals surface area contributed by atoms with Crippen molar-refractivity contribution in [1.82, 2.24) is 25.1 Å². The molecule has 6 rings (SSSR count). The van der Waals surface area contributed by atoms with E-state index in [0.29, 0.717) is 40.2 Å². The van der Waals surface area contributed by atoms with Crippen LogP contribution >= 0.6 is 23.1 Å². The molecule has 47 heavy (non-hydrogen) atoms. The number of carbonyl (C=O) groups is 2. The summed E-state index contributed by atoms with van der Waals surface area (Å²) in [4.78, 5) is 27.9. The van der Waals surface area contributed by atoms with Crippen LogP contribution in [0.25, 0.3) is 5.69 Å². The van der Waals surface area contributed by atoms with Crippen molar-refractivity contribution in [3.05, 3.63) is 112 Å². The quantitative estimate of drug-likeness (QED) is 0.167. The van der Waals surface area contributed by atoms with E-state index in [1.165, 1.54) is 16.8 Å². The molecule has 0 bridgehead atoms. The summed E-state index contributed by atoms with van der Waals surface area (Å²) in [5.41, 5.74) is 2.90. The van der Waals surface area contributed by atoms with Gasteiger partial charge in [0.15, 0.2) is 22.5 Å². The minimum absolute atomic E-state index is 0.0468. The van der Waals surface area contributed by atoms with Gasteiger partial charge in [0.25, 0.3) is 11.8 Å². The van der Waals surface area contributed by atoms with Crippen LogP contribution in [-0.4, -0.2) is 64.4 Å². The topological polar surface area (TPSA) is 120 Å². The van der Waals surface area contributed by atoms with Gasteiger partial charge in [0.05, 0.1) is 50.3 Å². The smallest absolute Gasteiger partial charge is 0.253 e. The maximum atomic E-state index is 14.0. The number of aromatic nitrogens is 3. The van der Waals surface area contributed by atoms with Crippen molar-refractivity contribution >= 4 is 40.6 Å². The van der Waals surface area contributed by atoms with Crippen LogP contribution in [-0.2, 0) is 11.3 Å². The van der Waals surface area contributed by atoms with Crippen molar-refractivity contribution < 1.29 is 23.8 Å². The van der Waals surface area contributed by atoms with E-state index >= 15 is 0 Å². The second-order valence-electron chi connectivity index (χ2n) is 10.3. The first-order chi connectivity index (χ1) is 23.0. The van der Waals surface area contributed by atoms with Gasteiger partial charge in [-0.3, -0.25) is 14.2 Å². The molecule has 5 aromatic rings. The molecule has 0 radical (unpaired) electrons. The largest absolute Gasteiger partial charge is 0.497 e. The predicted molar refractivity (Wildman–Crippen MR) is 181 cm³/mol. The standard InChI is InChI=1S/C34H32N6O5S2/c1-43-24-13-7-10-22(18-24)33(42)35-20-30-36-37-34(39(30)23-11-5-4-6-12-23)47-21-31(41)40-27(19-26(38-40)29-16-9-17-46-29)25-14-8-15-28(44-2)32(25)45-3/h4-18,27H,19-21H2,1-3H3,(H,35,42)/t27-/m1/s1. The second kappa shape index (κ2) is 14.5. The van der Waals surface area contributed by atoms with Gasteiger partial charge in [-0.15, -0.1) is 21.5 Å². The number of thiophene rings is 1. The van der Waals surface area contributed by atoms with E-state index in [9.17, 15) is 9.59 Å². The number of para-hydroxylation sites is 2. The van der Waals surface area contributed by atoms with E-state index in [1.807, 2.05) is 70.6 Å². The number of nitrogens with one attached hydrogen (secondary N) is 1. The minimum atomic E-state index is -0.389. The Hall–Kier alpha value is -5.14. The third-order valence-electron chi connectivity index (χ3n) is 7.54. The molecule has 2 amide bonds. The van der Waals surface area contributed by atoms with Crippen LogP contribution in [0.5, 0.6) is 17.2 Å². The lowest BCUT2D eigenvalue weighted by Gasteiger charge is -2.24. The molecular formula is C34H32N6O5S2. The molecule has 0 saturated heterocycles. The molecule has 3 heterocycles. The number of amides is 2. The minimum Gasteiger partial charge on any atom is -0.497 e. The highest BCUT2D eigenvalue weighted by atomic mass is 32.2. The first-order valence-electron chi connectivity index (χ1n) is 14.7. The van der Waals surface area contributed by atoms with Crippen molar-refractivity contribution in [1.29, 1.82) is 0 Å². The van der Waals surface area contributed by atoms with Gasteiger partial charge in [-0.2, -0.15) is 5.10 Å². The fourth-order valence-corrected chi connectivity index (χ4v) is 6.86. The zero-order valence-electron chi connectivity index (χ0n) is 26.0. The van der Waals surface area contributed by atoms with Crippen LogP contribution in [0.4, 0.5) is 0 Å². The predicted octanol–water partition coefficient (Wildman–Crippen LogP) is 5.75. The number of ether oxygens (including phenoxy) is 3. The number of rotatable bonds is 12. The van der Waals surface area contributed by atoms with Crippen LogP contribution < -0.4 is 19.5 Å². The average Bonchev–Trinajstić information content (AvgIpc) is 3.90. The Labute approximate surface area is 280 Å². The van der Waals surface area contributed by atoms with Gasteiger partial charge < -0.3 is 19.5 Å². The summed E-state index contributed by atoms with van der Waals surface area (Å²) in [6.45, 7) is 0.116. The summed E-state index contributed by atoms with van der Waals surface area (Å²) in [5, 5.41) is 20.6. The Morgan fingerprint density at radius 2 is 1.77 bits per heavy atom. The lowest BCUT2D eigenvalue weighted by atomic mass is 9.99. The maximum absolute atomic E-state index is 14.0. The van der Waals surface area contributed by atoms with Gasteiger partial charge in [0, 0.05) is 23.2 Å². The molecule has 1 aliphatic rings. The number of benzene rings is 3. The molecule has 2 aromatic heterocycles. The molecule has 0 unspecified atom stereocenters. The summed E-state index contributed by atoms with van der Waals surface area (Å²) in [6.07, 6.45) is 0.526. The Bertz CT molecular complexity index is 1890. The fraction of sp³-hybridized carbons (Fsp3) is 0.206. The Kier molecular flexibility index (Phi) is 9.83. The van der Waals surface area contributed by atoms with Gasteiger partial charge in [-0.25, -0.2) is 5.01 Å². The number of thioether (sulfide) groups is 1. The number of nitrogens with zero attached hydrogens (tertiary/aromatic N) is 5.